The lowest BCUT2D eigenvalue weighted by Gasteiger charge is -2.51. The summed E-state index contributed by atoms with van der Waals surface area (Å²) in [6, 6.07) is 0. The Bertz CT molecular complexity index is 467. The zero-order valence-corrected chi connectivity index (χ0v) is 20.0. The van der Waals surface area contributed by atoms with E-state index in [1.165, 1.54) is 97.2 Å². The molecule has 1 spiro atoms. The second-order valence-corrected chi connectivity index (χ2v) is 12.0. The molecule has 0 bridgehead atoms. The van der Waals surface area contributed by atoms with E-state index in [4.69, 9.17) is 0 Å². The van der Waals surface area contributed by atoms with Crippen molar-refractivity contribution < 1.29 is 0 Å². The Morgan fingerprint density at radius 3 is 1.79 bits per heavy atom. The summed E-state index contributed by atoms with van der Waals surface area (Å²) < 4.78 is 0. The molecular weight excluding hydrogens is 342 g/mol. The van der Waals surface area contributed by atoms with E-state index in [2.05, 4.69) is 56.2 Å². The third kappa shape index (κ3) is 5.52. The molecule has 3 nitrogen and oxygen atoms in total. The summed E-state index contributed by atoms with van der Waals surface area (Å²) in [7, 11) is 0. The predicted molar refractivity (Wildman–Crippen MR) is 122 cm³/mol. The van der Waals surface area contributed by atoms with Gasteiger partial charge in [-0.15, -0.1) is 0 Å². The van der Waals surface area contributed by atoms with Crippen molar-refractivity contribution in [3.63, 3.8) is 0 Å². The molecule has 3 fully saturated rings. The lowest BCUT2D eigenvalue weighted by Crippen LogP contribution is -2.53. The molecule has 0 radical (unpaired) electrons. The van der Waals surface area contributed by atoms with Crippen molar-refractivity contribution in [3.05, 3.63) is 0 Å². The van der Waals surface area contributed by atoms with E-state index in [0.717, 1.165) is 5.92 Å². The zero-order valence-electron chi connectivity index (χ0n) is 20.0. The number of nitrogens with zero attached hydrogens (tertiary/aromatic N) is 3. The van der Waals surface area contributed by atoms with Crippen LogP contribution < -0.4 is 0 Å². The lowest BCUT2D eigenvalue weighted by molar-refractivity contribution is -0.00981. The van der Waals surface area contributed by atoms with E-state index < -0.39 is 0 Å². The van der Waals surface area contributed by atoms with Gasteiger partial charge in [-0.2, -0.15) is 0 Å². The first kappa shape index (κ1) is 22.6. The monoisotopic (exact) mass is 391 g/mol. The van der Waals surface area contributed by atoms with Crippen LogP contribution in [0.2, 0.25) is 0 Å². The van der Waals surface area contributed by atoms with Crippen LogP contribution in [0.25, 0.3) is 0 Å². The molecular formula is C25H49N3. The van der Waals surface area contributed by atoms with Gasteiger partial charge in [0.25, 0.3) is 0 Å². The van der Waals surface area contributed by atoms with Crippen molar-refractivity contribution in [2.24, 2.45) is 11.3 Å². The summed E-state index contributed by atoms with van der Waals surface area (Å²) >= 11 is 0. The van der Waals surface area contributed by atoms with E-state index in [1.54, 1.807) is 0 Å². The van der Waals surface area contributed by atoms with E-state index in [0.29, 0.717) is 16.5 Å². The van der Waals surface area contributed by atoms with Gasteiger partial charge in [0.1, 0.15) is 0 Å². The Labute approximate surface area is 176 Å². The molecule has 0 aromatic heterocycles. The maximum atomic E-state index is 2.82. The molecule has 28 heavy (non-hydrogen) atoms. The number of likely N-dealkylation sites (tertiary alicyclic amines) is 3. The second kappa shape index (κ2) is 8.94. The molecule has 0 amide bonds. The highest BCUT2D eigenvalue weighted by Crippen LogP contribution is 2.43. The van der Waals surface area contributed by atoms with Crippen LogP contribution in [0.4, 0.5) is 0 Å². The summed E-state index contributed by atoms with van der Waals surface area (Å²) in [5.74, 6) is 0.935. The maximum Gasteiger partial charge on any atom is 0.0153 e. The minimum Gasteiger partial charge on any atom is -0.303 e. The number of piperidine rings is 3. The van der Waals surface area contributed by atoms with Crippen molar-refractivity contribution >= 4 is 0 Å². The molecule has 0 unspecified atom stereocenters. The molecule has 0 atom stereocenters. The minimum atomic E-state index is 0.350. The van der Waals surface area contributed by atoms with Crippen molar-refractivity contribution in [3.8, 4) is 0 Å². The van der Waals surface area contributed by atoms with Crippen LogP contribution in [0.3, 0.4) is 0 Å². The smallest absolute Gasteiger partial charge is 0.0153 e. The van der Waals surface area contributed by atoms with Gasteiger partial charge in [-0.25, -0.2) is 0 Å². The van der Waals surface area contributed by atoms with Crippen LogP contribution >= 0.6 is 0 Å². The van der Waals surface area contributed by atoms with Crippen LogP contribution in [-0.2, 0) is 0 Å². The molecule has 3 rings (SSSR count). The average Bonchev–Trinajstić information content (AvgIpc) is 2.64. The third-order valence-corrected chi connectivity index (χ3v) is 8.54. The maximum absolute atomic E-state index is 2.82. The van der Waals surface area contributed by atoms with Gasteiger partial charge in [-0.3, -0.25) is 9.80 Å². The van der Waals surface area contributed by atoms with Crippen molar-refractivity contribution in [1.82, 2.24) is 14.7 Å². The highest BCUT2D eigenvalue weighted by molar-refractivity contribution is 4.94. The van der Waals surface area contributed by atoms with Gasteiger partial charge < -0.3 is 4.90 Å². The standard InChI is InChI=1S/C25H49N3/c1-7-10-24(5,6)28-19-13-25(14-20-28)11-17-26(18-12-25)21-22-8-15-27(16-9-22)23(2,3)4/h22H,7-21H2,1-6H3. The fraction of sp³-hybridized carbons (Fsp3) is 1.00. The molecule has 164 valence electrons. The van der Waals surface area contributed by atoms with Gasteiger partial charge in [0, 0.05) is 17.6 Å². The van der Waals surface area contributed by atoms with Crippen LogP contribution in [-0.4, -0.2) is 71.6 Å². The SMILES string of the molecule is CCCC(C)(C)N1CCC2(CCN(CC3CCN(C(C)(C)C)CC3)CC2)CC1. The van der Waals surface area contributed by atoms with Crippen LogP contribution in [0, 0.1) is 11.3 Å². The largest absolute Gasteiger partial charge is 0.303 e. The van der Waals surface area contributed by atoms with Crippen molar-refractivity contribution in [2.45, 2.75) is 104 Å². The Kier molecular flexibility index (Phi) is 7.20. The van der Waals surface area contributed by atoms with Gasteiger partial charge in [0.15, 0.2) is 0 Å². The molecule has 0 saturated carbocycles. The molecule has 0 aliphatic carbocycles. The van der Waals surface area contributed by atoms with E-state index in [1.807, 2.05) is 0 Å². The summed E-state index contributed by atoms with van der Waals surface area (Å²) in [5.41, 5.74) is 1.42. The van der Waals surface area contributed by atoms with Crippen molar-refractivity contribution in [2.75, 3.05) is 45.8 Å². The molecule has 0 aromatic carbocycles. The summed E-state index contributed by atoms with van der Waals surface area (Å²) in [4.78, 5) is 8.29. The predicted octanol–water partition coefficient (Wildman–Crippen LogP) is 5.25. The number of hydrogen-bond donors (Lipinski definition) is 0. The van der Waals surface area contributed by atoms with Gasteiger partial charge in [-0.05, 0) is 130 Å². The first-order chi connectivity index (χ1) is 13.1. The highest BCUT2D eigenvalue weighted by atomic mass is 15.2. The molecule has 0 aromatic rings. The second-order valence-electron chi connectivity index (χ2n) is 12.0. The molecule has 0 N–H and O–H groups in total. The average molecular weight is 392 g/mol. The van der Waals surface area contributed by atoms with Gasteiger partial charge >= 0.3 is 0 Å². The topological polar surface area (TPSA) is 9.72 Å². The van der Waals surface area contributed by atoms with Crippen molar-refractivity contribution in [1.29, 1.82) is 0 Å². The third-order valence-electron chi connectivity index (χ3n) is 8.54. The van der Waals surface area contributed by atoms with Gasteiger partial charge in [0.05, 0.1) is 0 Å². The summed E-state index contributed by atoms with van der Waals surface area (Å²) in [5, 5.41) is 0. The van der Waals surface area contributed by atoms with E-state index in [-0.39, 0.29) is 0 Å². The quantitative estimate of drug-likeness (QED) is 0.633. The minimum absolute atomic E-state index is 0.350. The van der Waals surface area contributed by atoms with Crippen LogP contribution in [0.15, 0.2) is 0 Å². The Balaban J connectivity index is 1.40. The number of rotatable bonds is 5. The van der Waals surface area contributed by atoms with E-state index in [9.17, 15) is 0 Å². The molecule has 3 saturated heterocycles. The first-order valence-electron chi connectivity index (χ1n) is 12.4. The fourth-order valence-electron chi connectivity index (χ4n) is 6.22. The Morgan fingerprint density at radius 2 is 1.29 bits per heavy atom. The summed E-state index contributed by atoms with van der Waals surface area (Å²) in [6.07, 6.45) is 11.2. The molecule has 3 heterocycles. The number of hydrogen-bond acceptors (Lipinski definition) is 3. The Morgan fingerprint density at radius 1 is 0.750 bits per heavy atom. The van der Waals surface area contributed by atoms with E-state index >= 15 is 0 Å². The normalized spacial score (nSPS) is 26.8. The molecule has 3 heteroatoms. The molecule has 3 aliphatic rings. The summed E-state index contributed by atoms with van der Waals surface area (Å²) in [6.45, 7) is 23.7. The lowest BCUT2D eigenvalue weighted by atomic mass is 9.70. The molecule has 3 aliphatic heterocycles. The van der Waals surface area contributed by atoms with Gasteiger partial charge in [-0.1, -0.05) is 13.3 Å². The van der Waals surface area contributed by atoms with Crippen LogP contribution in [0.1, 0.15) is 92.9 Å². The van der Waals surface area contributed by atoms with Gasteiger partial charge in [0.2, 0.25) is 0 Å². The fourth-order valence-corrected chi connectivity index (χ4v) is 6.22. The zero-order chi connectivity index (χ0) is 20.4. The highest BCUT2D eigenvalue weighted by Gasteiger charge is 2.40. The first-order valence-corrected chi connectivity index (χ1v) is 12.4. The van der Waals surface area contributed by atoms with Crippen LogP contribution in [0.5, 0.6) is 0 Å². The Hall–Kier alpha value is -0.120.